The largest absolute Gasteiger partial charge is 0.379 e. The van der Waals surface area contributed by atoms with Gasteiger partial charge in [0.15, 0.2) is 0 Å². The molecule has 0 unspecified atom stereocenters. The van der Waals surface area contributed by atoms with Crippen molar-refractivity contribution < 1.29 is 9.53 Å². The molecule has 138 valence electrons. The van der Waals surface area contributed by atoms with Gasteiger partial charge in [0.05, 0.1) is 13.2 Å². The van der Waals surface area contributed by atoms with Gasteiger partial charge in [-0.25, -0.2) is 9.97 Å². The molecular weight excluding hydrogens is 377 g/mol. The van der Waals surface area contributed by atoms with Crippen LogP contribution < -0.4 is 10.6 Å². The minimum Gasteiger partial charge on any atom is -0.379 e. The second kappa shape index (κ2) is 9.14. The summed E-state index contributed by atoms with van der Waals surface area (Å²) < 4.78 is 5.30. The van der Waals surface area contributed by atoms with Crippen molar-refractivity contribution in [2.45, 2.75) is 0 Å². The van der Waals surface area contributed by atoms with Crippen LogP contribution in [0, 0.1) is 0 Å². The number of hydrogen-bond acceptors (Lipinski definition) is 6. The first-order valence-electron chi connectivity index (χ1n) is 8.23. The van der Waals surface area contributed by atoms with Gasteiger partial charge in [0.1, 0.15) is 17.8 Å². The topological polar surface area (TPSA) is 79.4 Å². The van der Waals surface area contributed by atoms with Crippen molar-refractivity contribution in [1.29, 1.82) is 0 Å². The normalized spacial score (nSPS) is 14.8. The Kier molecular flexibility index (Phi) is 6.62. The summed E-state index contributed by atoms with van der Waals surface area (Å²) in [7, 11) is 0. The van der Waals surface area contributed by atoms with E-state index in [2.05, 4.69) is 25.5 Å². The molecule has 9 heteroatoms. The summed E-state index contributed by atoms with van der Waals surface area (Å²) in [6.45, 7) is 4.59. The van der Waals surface area contributed by atoms with E-state index in [1.807, 2.05) is 0 Å². The summed E-state index contributed by atoms with van der Waals surface area (Å²) in [5.74, 6) is 0.240. The zero-order valence-electron chi connectivity index (χ0n) is 14.0. The van der Waals surface area contributed by atoms with Gasteiger partial charge in [-0.3, -0.25) is 9.69 Å². The first kappa shape index (κ1) is 18.8. The fourth-order valence-electron chi connectivity index (χ4n) is 2.57. The number of benzene rings is 1. The molecule has 0 atom stereocenters. The first-order chi connectivity index (χ1) is 12.6. The van der Waals surface area contributed by atoms with Crippen LogP contribution in [0.3, 0.4) is 0 Å². The summed E-state index contributed by atoms with van der Waals surface area (Å²) in [6.07, 6.45) is 1.34. The Morgan fingerprint density at radius 1 is 1.12 bits per heavy atom. The predicted octanol–water partition coefficient (Wildman–Crippen LogP) is 2.59. The molecule has 26 heavy (non-hydrogen) atoms. The lowest BCUT2D eigenvalue weighted by molar-refractivity contribution is 0.0383. The first-order valence-corrected chi connectivity index (χ1v) is 8.99. The molecule has 7 nitrogen and oxygen atoms in total. The van der Waals surface area contributed by atoms with E-state index in [0.29, 0.717) is 28.1 Å². The summed E-state index contributed by atoms with van der Waals surface area (Å²) in [6, 6.07) is 6.66. The second-order valence-electron chi connectivity index (χ2n) is 5.78. The van der Waals surface area contributed by atoms with Gasteiger partial charge >= 0.3 is 0 Å². The van der Waals surface area contributed by atoms with E-state index in [1.165, 1.54) is 6.33 Å². The lowest BCUT2D eigenvalue weighted by atomic mass is 10.3. The maximum Gasteiger partial charge on any atom is 0.270 e. The third kappa shape index (κ3) is 5.54. The molecular formula is C17H19Cl2N5O2. The summed E-state index contributed by atoms with van der Waals surface area (Å²) in [5.41, 5.74) is 0.970. The van der Waals surface area contributed by atoms with Crippen LogP contribution in [0.2, 0.25) is 10.0 Å². The fourth-order valence-corrected chi connectivity index (χ4v) is 3.09. The maximum atomic E-state index is 12.3. The van der Waals surface area contributed by atoms with Crippen molar-refractivity contribution in [1.82, 2.24) is 20.2 Å². The number of ether oxygens (including phenoxy) is 1. The zero-order chi connectivity index (χ0) is 18.4. The number of carbonyl (C=O) groups is 1. The smallest absolute Gasteiger partial charge is 0.270 e. The van der Waals surface area contributed by atoms with Crippen molar-refractivity contribution in [3.8, 4) is 0 Å². The van der Waals surface area contributed by atoms with Gasteiger partial charge in [-0.05, 0) is 18.2 Å². The molecule has 1 aromatic heterocycles. The molecule has 1 aliphatic rings. The zero-order valence-corrected chi connectivity index (χ0v) is 15.6. The van der Waals surface area contributed by atoms with E-state index < -0.39 is 0 Å². The van der Waals surface area contributed by atoms with Crippen LogP contribution in [0.1, 0.15) is 10.5 Å². The van der Waals surface area contributed by atoms with E-state index in [0.717, 1.165) is 32.8 Å². The Bertz CT molecular complexity index is 748. The minimum absolute atomic E-state index is 0.243. The molecule has 1 aromatic carbocycles. The van der Waals surface area contributed by atoms with E-state index in [4.69, 9.17) is 27.9 Å². The van der Waals surface area contributed by atoms with Gasteiger partial charge in [0, 0.05) is 48.0 Å². The number of carbonyl (C=O) groups excluding carboxylic acids is 1. The SMILES string of the molecule is O=C(NCCN1CCOCC1)c1cc(Nc2cc(Cl)cc(Cl)c2)ncn1. The quantitative estimate of drug-likeness (QED) is 0.782. The molecule has 1 saturated heterocycles. The average Bonchev–Trinajstić information content (AvgIpc) is 2.62. The molecule has 1 fully saturated rings. The summed E-state index contributed by atoms with van der Waals surface area (Å²) >= 11 is 12.0. The third-order valence-electron chi connectivity index (χ3n) is 3.85. The van der Waals surface area contributed by atoms with Gasteiger partial charge in [-0.2, -0.15) is 0 Å². The molecule has 0 saturated carbocycles. The van der Waals surface area contributed by atoms with Crippen molar-refractivity contribution >= 4 is 40.6 Å². The molecule has 0 aliphatic carbocycles. The molecule has 3 rings (SSSR count). The van der Waals surface area contributed by atoms with Gasteiger partial charge in [0.25, 0.3) is 5.91 Å². The number of hydrogen-bond donors (Lipinski definition) is 2. The molecule has 0 spiro atoms. The Morgan fingerprint density at radius 2 is 1.85 bits per heavy atom. The van der Waals surface area contributed by atoms with E-state index in [-0.39, 0.29) is 11.6 Å². The number of amides is 1. The van der Waals surface area contributed by atoms with E-state index in [1.54, 1.807) is 24.3 Å². The number of nitrogens with one attached hydrogen (secondary N) is 2. The molecule has 2 N–H and O–H groups in total. The fraction of sp³-hybridized carbons (Fsp3) is 0.353. The highest BCUT2D eigenvalue weighted by Gasteiger charge is 2.12. The summed E-state index contributed by atoms with van der Waals surface area (Å²) in [5, 5.41) is 6.96. The van der Waals surface area contributed by atoms with Crippen LogP contribution >= 0.6 is 23.2 Å². The Morgan fingerprint density at radius 3 is 2.58 bits per heavy atom. The van der Waals surface area contributed by atoms with Crippen molar-refractivity contribution in [3.63, 3.8) is 0 Å². The van der Waals surface area contributed by atoms with Crippen molar-refractivity contribution in [3.05, 3.63) is 46.3 Å². The standard InChI is InChI=1S/C17H19Cl2N5O2/c18-12-7-13(19)9-14(8-12)23-16-10-15(21-11-22-16)17(25)20-1-2-24-3-5-26-6-4-24/h7-11H,1-6H2,(H,20,25)(H,21,22,23). The van der Waals surface area contributed by atoms with Crippen LogP contribution in [-0.4, -0.2) is 60.2 Å². The highest BCUT2D eigenvalue weighted by atomic mass is 35.5. The van der Waals surface area contributed by atoms with E-state index in [9.17, 15) is 4.79 Å². The molecule has 2 heterocycles. The van der Waals surface area contributed by atoms with Gasteiger partial charge in [-0.1, -0.05) is 23.2 Å². The lowest BCUT2D eigenvalue weighted by Gasteiger charge is -2.26. The Labute approximate surface area is 161 Å². The van der Waals surface area contributed by atoms with Crippen LogP contribution in [0.15, 0.2) is 30.6 Å². The summed E-state index contributed by atoms with van der Waals surface area (Å²) in [4.78, 5) is 22.7. The highest BCUT2D eigenvalue weighted by Crippen LogP contribution is 2.24. The van der Waals surface area contributed by atoms with Crippen molar-refractivity contribution in [2.75, 3.05) is 44.7 Å². The van der Waals surface area contributed by atoms with Crippen LogP contribution in [0.5, 0.6) is 0 Å². The second-order valence-corrected chi connectivity index (χ2v) is 6.65. The monoisotopic (exact) mass is 395 g/mol. The van der Waals surface area contributed by atoms with Crippen LogP contribution in [0.4, 0.5) is 11.5 Å². The van der Waals surface area contributed by atoms with Crippen molar-refractivity contribution in [2.24, 2.45) is 0 Å². The number of morpholine rings is 1. The number of rotatable bonds is 6. The van der Waals surface area contributed by atoms with Crippen LogP contribution in [-0.2, 0) is 4.74 Å². The molecule has 1 aliphatic heterocycles. The Balaban J connectivity index is 1.56. The lowest BCUT2D eigenvalue weighted by Crippen LogP contribution is -2.41. The predicted molar refractivity (Wildman–Crippen MR) is 101 cm³/mol. The van der Waals surface area contributed by atoms with Gasteiger partial charge < -0.3 is 15.4 Å². The molecule has 0 radical (unpaired) electrons. The number of aromatic nitrogens is 2. The van der Waals surface area contributed by atoms with E-state index >= 15 is 0 Å². The van der Waals surface area contributed by atoms with Crippen LogP contribution in [0.25, 0.3) is 0 Å². The Hall–Kier alpha value is -1.93. The molecule has 1 amide bonds. The highest BCUT2D eigenvalue weighted by molar-refractivity contribution is 6.35. The number of halogens is 2. The van der Waals surface area contributed by atoms with Gasteiger partial charge in [0.2, 0.25) is 0 Å². The average molecular weight is 396 g/mol. The number of anilines is 2. The molecule has 0 bridgehead atoms. The third-order valence-corrected chi connectivity index (χ3v) is 4.29. The maximum absolute atomic E-state index is 12.3. The minimum atomic E-state index is -0.243. The van der Waals surface area contributed by atoms with Gasteiger partial charge in [-0.15, -0.1) is 0 Å². The number of nitrogens with zero attached hydrogens (tertiary/aromatic N) is 3. The molecule has 2 aromatic rings.